The number of hydrogen-bond donors (Lipinski definition) is 0. The molecule has 0 radical (unpaired) electrons. The summed E-state index contributed by atoms with van der Waals surface area (Å²) in [7, 11) is 0. The first-order valence-corrected chi connectivity index (χ1v) is 12.9. The van der Waals surface area contributed by atoms with Crippen LogP contribution >= 0.6 is 11.6 Å². The lowest BCUT2D eigenvalue weighted by atomic mass is 9.98. The number of halogens is 4. The number of fused-ring (bicyclic) bond motifs is 1. The lowest BCUT2D eigenvalue weighted by Crippen LogP contribution is -2.27. The molecule has 0 aliphatic carbocycles. The molecule has 3 aromatic rings. The summed E-state index contributed by atoms with van der Waals surface area (Å²) in [5, 5.41) is 0.739. The van der Waals surface area contributed by atoms with Gasteiger partial charge in [-0.25, -0.2) is 13.2 Å². The molecule has 188 valence electrons. The summed E-state index contributed by atoms with van der Waals surface area (Å²) in [6, 6.07) is 11.5. The largest absolute Gasteiger partial charge is 0.348 e. The maximum absolute atomic E-state index is 15.2. The highest BCUT2D eigenvalue weighted by Gasteiger charge is 2.24. The average molecular weight is 505 g/mol. The SMILES string of the molecule is CCCCCCCC1COC(c2ccc3c(F)c(CCc4cc(F)c(Cl)c(F)c4)ccc3c2)OC1. The first kappa shape index (κ1) is 26.0. The number of hydrogen-bond acceptors (Lipinski definition) is 2. The van der Waals surface area contributed by atoms with Gasteiger partial charge < -0.3 is 9.47 Å². The van der Waals surface area contributed by atoms with Crippen molar-refractivity contribution in [3.63, 3.8) is 0 Å². The van der Waals surface area contributed by atoms with Gasteiger partial charge in [0.05, 0.1) is 13.2 Å². The Kier molecular flexibility index (Phi) is 9.10. The Bertz CT molecular complexity index is 1120. The van der Waals surface area contributed by atoms with Gasteiger partial charge in [0.15, 0.2) is 6.29 Å². The van der Waals surface area contributed by atoms with Gasteiger partial charge in [0.2, 0.25) is 0 Å². The van der Waals surface area contributed by atoms with Crippen molar-refractivity contribution in [3.8, 4) is 0 Å². The fourth-order valence-corrected chi connectivity index (χ4v) is 4.77. The Morgan fingerprint density at radius 1 is 0.857 bits per heavy atom. The molecule has 3 aromatic carbocycles. The van der Waals surface area contributed by atoms with Crippen LogP contribution in [0.15, 0.2) is 42.5 Å². The summed E-state index contributed by atoms with van der Waals surface area (Å²) >= 11 is 5.54. The maximum Gasteiger partial charge on any atom is 0.183 e. The van der Waals surface area contributed by atoms with Crippen LogP contribution in [0, 0.1) is 23.4 Å². The molecule has 0 spiro atoms. The van der Waals surface area contributed by atoms with E-state index >= 15 is 4.39 Å². The van der Waals surface area contributed by atoms with Crippen molar-refractivity contribution in [1.82, 2.24) is 0 Å². The molecule has 0 bridgehead atoms. The predicted octanol–water partition coefficient (Wildman–Crippen LogP) is 8.72. The fraction of sp³-hybridized carbons (Fsp3) is 0.448. The lowest BCUT2D eigenvalue weighted by Gasteiger charge is -2.30. The number of rotatable bonds is 10. The third-order valence-corrected chi connectivity index (χ3v) is 7.10. The summed E-state index contributed by atoms with van der Waals surface area (Å²) in [6.45, 7) is 3.57. The van der Waals surface area contributed by atoms with E-state index in [4.69, 9.17) is 21.1 Å². The molecule has 1 heterocycles. The number of unbranched alkanes of at least 4 members (excludes halogenated alkanes) is 4. The molecule has 0 saturated carbocycles. The van der Waals surface area contributed by atoms with Gasteiger partial charge in [-0.05, 0) is 54.0 Å². The van der Waals surface area contributed by atoms with E-state index in [-0.39, 0.29) is 5.82 Å². The predicted molar refractivity (Wildman–Crippen MR) is 134 cm³/mol. The summed E-state index contributed by atoms with van der Waals surface area (Å²) < 4.78 is 54.5. The molecule has 1 aliphatic heterocycles. The molecule has 0 N–H and O–H groups in total. The molecule has 0 unspecified atom stereocenters. The highest BCUT2D eigenvalue weighted by molar-refractivity contribution is 6.30. The molecule has 0 amide bonds. The second-order valence-corrected chi connectivity index (χ2v) is 9.84. The zero-order chi connectivity index (χ0) is 24.8. The standard InChI is InChI=1S/C29H32ClF3O2/c1-2-3-4-5-6-7-20-17-34-29(35-18-20)23-12-13-24-22(16-23)11-10-21(28(24)33)9-8-19-14-25(31)27(30)26(32)15-19/h10-16,20,29H,2-9,17-18H2,1H3. The topological polar surface area (TPSA) is 18.5 Å². The van der Waals surface area contributed by atoms with E-state index in [1.54, 1.807) is 12.1 Å². The first-order valence-electron chi connectivity index (χ1n) is 12.5. The number of ether oxygens (including phenoxy) is 2. The minimum atomic E-state index is -0.807. The molecule has 35 heavy (non-hydrogen) atoms. The van der Waals surface area contributed by atoms with E-state index in [9.17, 15) is 8.78 Å². The fourth-order valence-electron chi connectivity index (χ4n) is 4.67. The van der Waals surface area contributed by atoms with Crippen molar-refractivity contribution in [2.24, 2.45) is 5.92 Å². The van der Waals surface area contributed by atoms with Crippen molar-refractivity contribution in [3.05, 3.63) is 81.6 Å². The third-order valence-electron chi connectivity index (χ3n) is 6.74. The second-order valence-electron chi connectivity index (χ2n) is 9.46. The molecule has 6 heteroatoms. The molecular formula is C29H32ClF3O2. The van der Waals surface area contributed by atoms with Gasteiger partial charge in [-0.3, -0.25) is 0 Å². The lowest BCUT2D eigenvalue weighted by molar-refractivity contribution is -0.206. The van der Waals surface area contributed by atoms with Crippen LogP contribution < -0.4 is 0 Å². The summed E-state index contributed by atoms with van der Waals surface area (Å²) in [5.41, 5.74) is 1.80. The van der Waals surface area contributed by atoms with Gasteiger partial charge in [-0.2, -0.15) is 0 Å². The van der Waals surface area contributed by atoms with Gasteiger partial charge in [0, 0.05) is 16.9 Å². The molecule has 2 nitrogen and oxygen atoms in total. The van der Waals surface area contributed by atoms with Gasteiger partial charge in [-0.15, -0.1) is 0 Å². The van der Waals surface area contributed by atoms with Crippen LogP contribution in [0.25, 0.3) is 10.8 Å². The van der Waals surface area contributed by atoms with Crippen molar-refractivity contribution in [2.45, 2.75) is 64.6 Å². The van der Waals surface area contributed by atoms with Crippen LogP contribution in [-0.4, -0.2) is 13.2 Å². The van der Waals surface area contributed by atoms with Crippen LogP contribution in [0.3, 0.4) is 0 Å². The van der Waals surface area contributed by atoms with Crippen molar-refractivity contribution >= 4 is 22.4 Å². The molecule has 4 rings (SSSR count). The molecule has 1 fully saturated rings. The first-order chi connectivity index (χ1) is 17.0. The van der Waals surface area contributed by atoms with Crippen LogP contribution in [0.1, 0.15) is 68.4 Å². The number of benzene rings is 3. The molecular weight excluding hydrogens is 473 g/mol. The van der Waals surface area contributed by atoms with Crippen LogP contribution in [0.2, 0.25) is 5.02 Å². The third kappa shape index (κ3) is 6.58. The van der Waals surface area contributed by atoms with E-state index < -0.39 is 22.9 Å². The van der Waals surface area contributed by atoms with E-state index in [1.807, 2.05) is 18.2 Å². The minimum Gasteiger partial charge on any atom is -0.348 e. The Balaban J connectivity index is 1.36. The average Bonchev–Trinajstić information content (AvgIpc) is 2.87. The molecule has 0 atom stereocenters. The zero-order valence-corrected chi connectivity index (χ0v) is 20.9. The maximum atomic E-state index is 15.2. The summed E-state index contributed by atoms with van der Waals surface area (Å²) in [5.74, 6) is -1.51. The highest BCUT2D eigenvalue weighted by atomic mass is 35.5. The van der Waals surface area contributed by atoms with Gasteiger partial charge in [0.1, 0.15) is 22.5 Å². The number of aryl methyl sites for hydroxylation is 2. The second kappa shape index (κ2) is 12.2. The molecule has 1 saturated heterocycles. The Morgan fingerprint density at radius 3 is 2.29 bits per heavy atom. The Morgan fingerprint density at radius 2 is 1.57 bits per heavy atom. The van der Waals surface area contributed by atoms with E-state index in [0.29, 0.717) is 48.5 Å². The van der Waals surface area contributed by atoms with Gasteiger partial charge >= 0.3 is 0 Å². The van der Waals surface area contributed by atoms with E-state index in [0.717, 1.165) is 17.4 Å². The highest BCUT2D eigenvalue weighted by Crippen LogP contribution is 2.31. The zero-order valence-electron chi connectivity index (χ0n) is 20.1. The normalized spacial score (nSPS) is 18.3. The smallest absolute Gasteiger partial charge is 0.183 e. The van der Waals surface area contributed by atoms with Crippen LogP contribution in [0.4, 0.5) is 13.2 Å². The van der Waals surface area contributed by atoms with Gasteiger partial charge in [0.25, 0.3) is 0 Å². The van der Waals surface area contributed by atoms with Crippen molar-refractivity contribution in [2.75, 3.05) is 13.2 Å². The van der Waals surface area contributed by atoms with E-state index in [1.165, 1.54) is 44.2 Å². The van der Waals surface area contributed by atoms with Gasteiger partial charge in [-0.1, -0.05) is 74.9 Å². The quantitative estimate of drug-likeness (QED) is 0.203. The van der Waals surface area contributed by atoms with E-state index in [2.05, 4.69) is 6.92 Å². The minimum absolute atomic E-state index is 0.301. The molecule has 0 aromatic heterocycles. The Labute approximate surface area is 210 Å². The summed E-state index contributed by atoms with van der Waals surface area (Å²) in [4.78, 5) is 0. The van der Waals surface area contributed by atoms with Crippen LogP contribution in [0.5, 0.6) is 0 Å². The summed E-state index contributed by atoms with van der Waals surface area (Å²) in [6.07, 6.45) is 7.62. The van der Waals surface area contributed by atoms with Crippen LogP contribution in [-0.2, 0) is 22.3 Å². The molecule has 1 aliphatic rings. The van der Waals surface area contributed by atoms with Crippen molar-refractivity contribution < 1.29 is 22.6 Å². The van der Waals surface area contributed by atoms with Crippen molar-refractivity contribution in [1.29, 1.82) is 0 Å². The monoisotopic (exact) mass is 504 g/mol. The Hall–Kier alpha value is -2.08.